The fraction of sp³-hybridized carbons (Fsp3) is 0.286. The smallest absolute Gasteiger partial charge is 0.131 e. The van der Waals surface area contributed by atoms with E-state index in [2.05, 4.69) is 14.9 Å². The molecule has 2 aromatic heterocycles. The van der Waals surface area contributed by atoms with Gasteiger partial charge in [0.05, 0.1) is 6.61 Å². The highest BCUT2D eigenvalue weighted by atomic mass is 35.5. The average Bonchev–Trinajstić information content (AvgIpc) is 2.39. The number of aromatic nitrogens is 2. The highest BCUT2D eigenvalue weighted by Gasteiger charge is 2.08. The molecule has 2 rings (SSSR count). The largest absolute Gasteiger partial charge is 0.395 e. The van der Waals surface area contributed by atoms with Gasteiger partial charge in [-0.15, -0.1) is 0 Å². The average molecular weight is 312 g/mol. The molecule has 0 saturated carbocycles. The van der Waals surface area contributed by atoms with E-state index >= 15 is 0 Å². The van der Waals surface area contributed by atoms with Crippen molar-refractivity contribution in [3.8, 4) is 0 Å². The molecule has 0 aliphatic heterocycles. The second-order valence-corrected chi connectivity index (χ2v) is 5.19. The predicted molar refractivity (Wildman–Crippen MR) is 79.7 cm³/mol. The molecule has 20 heavy (non-hydrogen) atoms. The number of pyridine rings is 2. The Labute approximate surface area is 128 Å². The Morgan fingerprint density at radius 2 is 1.80 bits per heavy atom. The van der Waals surface area contributed by atoms with Gasteiger partial charge < -0.3 is 5.11 Å². The third kappa shape index (κ3) is 4.72. The normalized spacial score (nSPS) is 11.0. The van der Waals surface area contributed by atoms with Gasteiger partial charge in [-0.2, -0.15) is 0 Å². The van der Waals surface area contributed by atoms with Gasteiger partial charge in [-0.3, -0.25) is 9.88 Å². The molecule has 0 fully saturated rings. The van der Waals surface area contributed by atoms with Crippen molar-refractivity contribution in [2.24, 2.45) is 0 Å². The summed E-state index contributed by atoms with van der Waals surface area (Å²) in [4.78, 5) is 10.1. The molecule has 0 spiro atoms. The topological polar surface area (TPSA) is 49.2 Å². The van der Waals surface area contributed by atoms with Gasteiger partial charge in [-0.1, -0.05) is 29.3 Å². The summed E-state index contributed by atoms with van der Waals surface area (Å²) in [6.07, 6.45) is 3.55. The quantitative estimate of drug-likeness (QED) is 0.833. The Kier molecular flexibility index (Phi) is 5.73. The van der Waals surface area contributed by atoms with Gasteiger partial charge in [0.2, 0.25) is 0 Å². The lowest BCUT2D eigenvalue weighted by Crippen LogP contribution is -2.26. The molecular formula is C14H15Cl2N3O. The Morgan fingerprint density at radius 1 is 1.10 bits per heavy atom. The van der Waals surface area contributed by atoms with Gasteiger partial charge in [0, 0.05) is 32.0 Å². The fourth-order valence-electron chi connectivity index (χ4n) is 1.97. The van der Waals surface area contributed by atoms with Crippen molar-refractivity contribution in [2.75, 3.05) is 13.2 Å². The number of hydrogen-bond acceptors (Lipinski definition) is 4. The monoisotopic (exact) mass is 311 g/mol. The van der Waals surface area contributed by atoms with E-state index in [0.29, 0.717) is 29.9 Å². The molecule has 4 nitrogen and oxygen atoms in total. The second-order valence-electron chi connectivity index (χ2n) is 4.42. The van der Waals surface area contributed by atoms with Gasteiger partial charge in [0.1, 0.15) is 10.3 Å². The van der Waals surface area contributed by atoms with Crippen molar-refractivity contribution < 1.29 is 5.11 Å². The minimum absolute atomic E-state index is 0.0901. The molecule has 0 saturated heterocycles. The maximum Gasteiger partial charge on any atom is 0.131 e. The van der Waals surface area contributed by atoms with Crippen LogP contribution in [-0.4, -0.2) is 33.1 Å². The summed E-state index contributed by atoms with van der Waals surface area (Å²) >= 11 is 11.8. The first-order valence-electron chi connectivity index (χ1n) is 6.21. The number of aliphatic hydroxyl groups excluding tert-OH is 1. The third-order valence-electron chi connectivity index (χ3n) is 2.77. The van der Waals surface area contributed by atoms with Crippen molar-refractivity contribution >= 4 is 23.2 Å². The van der Waals surface area contributed by atoms with Gasteiger partial charge in [-0.05, 0) is 29.3 Å². The number of nitrogens with zero attached hydrogens (tertiary/aromatic N) is 3. The van der Waals surface area contributed by atoms with Crippen LogP contribution in [0.3, 0.4) is 0 Å². The van der Waals surface area contributed by atoms with Crippen molar-refractivity contribution in [1.29, 1.82) is 0 Å². The molecule has 0 amide bonds. The van der Waals surface area contributed by atoms with E-state index in [1.54, 1.807) is 18.3 Å². The molecule has 0 unspecified atom stereocenters. The Balaban J connectivity index is 2.08. The lowest BCUT2D eigenvalue weighted by Gasteiger charge is -2.21. The lowest BCUT2D eigenvalue weighted by atomic mass is 10.2. The predicted octanol–water partition coefficient (Wildman–Crippen LogP) is 2.78. The summed E-state index contributed by atoms with van der Waals surface area (Å²) in [5.74, 6) is 0. The van der Waals surface area contributed by atoms with Gasteiger partial charge >= 0.3 is 0 Å². The summed E-state index contributed by atoms with van der Waals surface area (Å²) in [5, 5.41) is 9.93. The fourth-order valence-corrected chi connectivity index (χ4v) is 2.47. The van der Waals surface area contributed by atoms with Crippen LogP contribution >= 0.6 is 23.2 Å². The zero-order valence-electron chi connectivity index (χ0n) is 10.8. The molecule has 2 heterocycles. The summed E-state index contributed by atoms with van der Waals surface area (Å²) in [6, 6.07) is 7.46. The molecule has 0 aromatic carbocycles. The van der Waals surface area contributed by atoms with Crippen LogP contribution in [0, 0.1) is 0 Å². The Morgan fingerprint density at radius 3 is 2.40 bits per heavy atom. The van der Waals surface area contributed by atoms with Crippen molar-refractivity contribution in [1.82, 2.24) is 14.9 Å². The molecule has 1 N–H and O–H groups in total. The third-order valence-corrected chi connectivity index (χ3v) is 3.16. The zero-order valence-corrected chi connectivity index (χ0v) is 12.3. The molecular weight excluding hydrogens is 297 g/mol. The van der Waals surface area contributed by atoms with Crippen molar-refractivity contribution in [3.05, 3.63) is 58.1 Å². The zero-order chi connectivity index (χ0) is 14.4. The number of aliphatic hydroxyl groups is 1. The van der Waals surface area contributed by atoms with E-state index < -0.39 is 0 Å². The maximum absolute atomic E-state index is 9.18. The van der Waals surface area contributed by atoms with Crippen LogP contribution in [0.1, 0.15) is 11.1 Å². The molecule has 2 aromatic rings. The van der Waals surface area contributed by atoms with E-state index in [-0.39, 0.29) is 6.61 Å². The summed E-state index contributed by atoms with van der Waals surface area (Å²) in [6.45, 7) is 1.99. The molecule has 106 valence electrons. The van der Waals surface area contributed by atoms with Crippen LogP contribution in [-0.2, 0) is 13.1 Å². The van der Waals surface area contributed by atoms with Gasteiger partial charge in [0.15, 0.2) is 0 Å². The van der Waals surface area contributed by atoms with Crippen LogP contribution in [0.2, 0.25) is 10.3 Å². The van der Waals surface area contributed by atoms with E-state index in [9.17, 15) is 5.11 Å². The molecule has 0 aliphatic carbocycles. The number of halogens is 2. The SMILES string of the molecule is OCCN(Cc1cccnc1)Cc1cc(Cl)nc(Cl)c1. The van der Waals surface area contributed by atoms with Crippen LogP contribution in [0.25, 0.3) is 0 Å². The minimum Gasteiger partial charge on any atom is -0.395 e. The highest BCUT2D eigenvalue weighted by molar-refractivity contribution is 6.32. The number of rotatable bonds is 6. The second kappa shape index (κ2) is 7.55. The van der Waals surface area contributed by atoms with E-state index in [1.165, 1.54) is 0 Å². The van der Waals surface area contributed by atoms with Gasteiger partial charge in [0.25, 0.3) is 0 Å². The van der Waals surface area contributed by atoms with Crippen LogP contribution in [0.5, 0.6) is 0 Å². The molecule has 0 bridgehead atoms. The molecule has 0 radical (unpaired) electrons. The molecule has 6 heteroatoms. The van der Waals surface area contributed by atoms with Gasteiger partial charge in [-0.25, -0.2) is 4.98 Å². The summed E-state index contributed by atoms with van der Waals surface area (Å²) in [5.41, 5.74) is 2.06. The van der Waals surface area contributed by atoms with Crippen molar-refractivity contribution in [3.63, 3.8) is 0 Å². The summed E-state index contributed by atoms with van der Waals surface area (Å²) in [7, 11) is 0. The first-order valence-corrected chi connectivity index (χ1v) is 6.97. The van der Waals surface area contributed by atoms with Crippen LogP contribution in [0.15, 0.2) is 36.7 Å². The Hall–Kier alpha value is -1.20. The van der Waals surface area contributed by atoms with E-state index in [0.717, 1.165) is 11.1 Å². The number of hydrogen-bond donors (Lipinski definition) is 1. The van der Waals surface area contributed by atoms with E-state index in [1.807, 2.05) is 18.3 Å². The standard InChI is InChI=1S/C14H15Cl2N3O/c15-13-6-12(7-14(16)18-13)10-19(4-5-20)9-11-2-1-3-17-8-11/h1-3,6-8,20H,4-5,9-10H2. The minimum atomic E-state index is 0.0901. The summed E-state index contributed by atoms with van der Waals surface area (Å²) < 4.78 is 0. The van der Waals surface area contributed by atoms with Crippen LogP contribution < -0.4 is 0 Å². The lowest BCUT2D eigenvalue weighted by molar-refractivity contribution is 0.184. The van der Waals surface area contributed by atoms with E-state index in [4.69, 9.17) is 23.2 Å². The van der Waals surface area contributed by atoms with Crippen LogP contribution in [0.4, 0.5) is 0 Å². The Bertz CT molecular complexity index is 531. The molecule has 0 atom stereocenters. The maximum atomic E-state index is 9.18. The molecule has 0 aliphatic rings. The first kappa shape index (κ1) is 15.2. The van der Waals surface area contributed by atoms with Crippen molar-refractivity contribution in [2.45, 2.75) is 13.1 Å². The first-order chi connectivity index (χ1) is 9.67. The highest BCUT2D eigenvalue weighted by Crippen LogP contribution is 2.17.